The van der Waals surface area contributed by atoms with Crippen LogP contribution >= 0.6 is 11.6 Å². The van der Waals surface area contributed by atoms with Crippen LogP contribution in [0.15, 0.2) is 46.9 Å². The molecule has 0 unspecified atom stereocenters. The number of amides is 1. The fourth-order valence-corrected chi connectivity index (χ4v) is 3.72. The monoisotopic (exact) mass is 406 g/mol. The smallest absolute Gasteiger partial charge is 0.287 e. The van der Waals surface area contributed by atoms with Crippen molar-refractivity contribution in [1.82, 2.24) is 10.0 Å². The zero-order valence-electron chi connectivity index (χ0n) is 14.9. The summed E-state index contributed by atoms with van der Waals surface area (Å²) in [5.74, 6) is -0.189. The normalized spacial score (nSPS) is 11.7. The molecule has 1 amide bonds. The topological polar surface area (TPSA) is 88.4 Å². The van der Waals surface area contributed by atoms with Crippen molar-refractivity contribution in [2.45, 2.75) is 19.2 Å². The van der Waals surface area contributed by atoms with Crippen LogP contribution in [0.3, 0.4) is 0 Å². The highest BCUT2D eigenvalue weighted by molar-refractivity contribution is 7.88. The molecular weight excluding hydrogens is 388 g/mol. The molecule has 1 heterocycles. The van der Waals surface area contributed by atoms with E-state index >= 15 is 0 Å². The lowest BCUT2D eigenvalue weighted by atomic mass is 10.1. The minimum absolute atomic E-state index is 0.0882. The number of rotatable bonds is 6. The summed E-state index contributed by atoms with van der Waals surface area (Å²) < 4.78 is 31.1. The average Bonchev–Trinajstić information content (AvgIpc) is 2.99. The number of halogens is 1. The van der Waals surface area contributed by atoms with E-state index in [1.165, 1.54) is 7.05 Å². The third kappa shape index (κ3) is 4.32. The molecule has 0 aliphatic heterocycles. The van der Waals surface area contributed by atoms with Crippen molar-refractivity contribution < 1.29 is 17.6 Å². The van der Waals surface area contributed by atoms with Crippen LogP contribution in [0, 0.1) is 6.92 Å². The Morgan fingerprint density at radius 3 is 2.41 bits per heavy atom. The summed E-state index contributed by atoms with van der Waals surface area (Å²) in [4.78, 5) is 12.5. The van der Waals surface area contributed by atoms with Crippen molar-refractivity contribution in [2.75, 3.05) is 7.05 Å². The lowest BCUT2D eigenvalue weighted by molar-refractivity contribution is 0.0924. The number of carbonyl (C=O) groups is 1. The molecule has 0 atom stereocenters. The summed E-state index contributed by atoms with van der Waals surface area (Å²) in [6.07, 6.45) is 0. The van der Waals surface area contributed by atoms with Gasteiger partial charge in [0, 0.05) is 17.5 Å². The van der Waals surface area contributed by atoms with E-state index in [0.29, 0.717) is 22.7 Å². The summed E-state index contributed by atoms with van der Waals surface area (Å²) in [6, 6.07) is 12.4. The Morgan fingerprint density at radius 1 is 1.11 bits per heavy atom. The molecule has 2 N–H and O–H groups in total. The zero-order chi connectivity index (χ0) is 19.6. The molecule has 0 saturated carbocycles. The molecule has 0 radical (unpaired) electrons. The Bertz CT molecular complexity index is 1090. The van der Waals surface area contributed by atoms with Crippen molar-refractivity contribution >= 4 is 38.5 Å². The first kappa shape index (κ1) is 19.4. The highest BCUT2D eigenvalue weighted by Crippen LogP contribution is 2.30. The largest absolute Gasteiger partial charge is 0.449 e. The maximum Gasteiger partial charge on any atom is 0.287 e. The number of benzene rings is 2. The number of aryl methyl sites for hydroxylation is 1. The summed E-state index contributed by atoms with van der Waals surface area (Å²) in [5.41, 5.74) is 2.75. The van der Waals surface area contributed by atoms with Gasteiger partial charge in [0.15, 0.2) is 11.3 Å². The van der Waals surface area contributed by atoms with Gasteiger partial charge in [-0.2, -0.15) is 0 Å². The maximum absolute atomic E-state index is 12.5. The molecule has 8 heteroatoms. The Morgan fingerprint density at radius 2 is 1.78 bits per heavy atom. The molecular formula is C19H19ClN2O4S. The van der Waals surface area contributed by atoms with Gasteiger partial charge in [0.2, 0.25) is 10.0 Å². The van der Waals surface area contributed by atoms with E-state index in [1.807, 2.05) is 19.1 Å². The predicted molar refractivity (Wildman–Crippen MR) is 105 cm³/mol. The average molecular weight is 407 g/mol. The van der Waals surface area contributed by atoms with Crippen molar-refractivity contribution in [3.8, 4) is 0 Å². The second-order valence-corrected chi connectivity index (χ2v) is 8.47. The molecule has 142 valence electrons. The van der Waals surface area contributed by atoms with E-state index in [1.54, 1.807) is 30.3 Å². The van der Waals surface area contributed by atoms with Crippen molar-refractivity contribution in [3.63, 3.8) is 0 Å². The van der Waals surface area contributed by atoms with Crippen LogP contribution in [0.4, 0.5) is 0 Å². The molecule has 3 rings (SSSR count). The fourth-order valence-electron chi connectivity index (χ4n) is 2.73. The molecule has 2 aromatic carbocycles. The second-order valence-electron chi connectivity index (χ2n) is 6.14. The van der Waals surface area contributed by atoms with Crippen LogP contribution in [0.5, 0.6) is 0 Å². The van der Waals surface area contributed by atoms with Gasteiger partial charge in [0.05, 0.1) is 10.8 Å². The van der Waals surface area contributed by atoms with E-state index in [2.05, 4.69) is 10.0 Å². The van der Waals surface area contributed by atoms with Gasteiger partial charge in [-0.25, -0.2) is 13.1 Å². The molecule has 0 saturated heterocycles. The van der Waals surface area contributed by atoms with Crippen LogP contribution in [0.25, 0.3) is 11.0 Å². The summed E-state index contributed by atoms with van der Waals surface area (Å²) in [6.45, 7) is 2.11. The van der Waals surface area contributed by atoms with Gasteiger partial charge in [0.25, 0.3) is 5.91 Å². The zero-order valence-corrected chi connectivity index (χ0v) is 16.4. The number of sulfonamides is 1. The summed E-state index contributed by atoms with van der Waals surface area (Å²) in [7, 11) is -1.93. The third-order valence-corrected chi connectivity index (χ3v) is 5.90. The molecule has 0 bridgehead atoms. The Kier molecular flexibility index (Phi) is 5.55. The van der Waals surface area contributed by atoms with Gasteiger partial charge in [0.1, 0.15) is 0 Å². The molecule has 0 aliphatic carbocycles. The lowest BCUT2D eigenvalue weighted by Crippen LogP contribution is -2.23. The maximum atomic E-state index is 12.5. The quantitative estimate of drug-likeness (QED) is 0.656. The minimum atomic E-state index is -3.31. The number of fused-ring (bicyclic) bond motifs is 1. The predicted octanol–water partition coefficient (Wildman–Crippen LogP) is 3.37. The van der Waals surface area contributed by atoms with Crippen LogP contribution in [0.1, 0.15) is 27.2 Å². The first-order valence-corrected chi connectivity index (χ1v) is 10.3. The van der Waals surface area contributed by atoms with Gasteiger partial charge in [-0.1, -0.05) is 48.0 Å². The van der Waals surface area contributed by atoms with Gasteiger partial charge < -0.3 is 9.73 Å². The van der Waals surface area contributed by atoms with E-state index in [4.69, 9.17) is 16.0 Å². The van der Waals surface area contributed by atoms with E-state index in [9.17, 15) is 13.2 Å². The highest BCUT2D eigenvalue weighted by Gasteiger charge is 2.18. The van der Waals surface area contributed by atoms with Gasteiger partial charge >= 0.3 is 0 Å². The van der Waals surface area contributed by atoms with Crippen molar-refractivity contribution in [1.29, 1.82) is 0 Å². The molecule has 0 aliphatic rings. The van der Waals surface area contributed by atoms with Crippen LogP contribution < -0.4 is 10.0 Å². The SMILES string of the molecule is CNS(=O)(=O)Cc1ccc(CNC(=O)c2oc3c(Cl)cccc3c2C)cc1. The number of furan rings is 1. The standard InChI is InChI=1S/C19H19ClN2O4S/c1-12-15-4-3-5-16(20)18(15)26-17(12)19(23)22-10-13-6-8-14(9-7-13)11-27(24,25)21-2/h3-9,21H,10-11H2,1-2H3,(H,22,23). The Hall–Kier alpha value is -2.35. The molecule has 0 spiro atoms. The van der Waals surface area contributed by atoms with E-state index in [-0.39, 0.29) is 17.4 Å². The number of hydrogen-bond acceptors (Lipinski definition) is 4. The first-order chi connectivity index (χ1) is 12.8. The second kappa shape index (κ2) is 7.72. The minimum Gasteiger partial charge on any atom is -0.449 e. The highest BCUT2D eigenvalue weighted by atomic mass is 35.5. The molecule has 1 aromatic heterocycles. The first-order valence-electron chi connectivity index (χ1n) is 8.25. The van der Waals surface area contributed by atoms with E-state index in [0.717, 1.165) is 16.5 Å². The van der Waals surface area contributed by atoms with Crippen LogP contribution in [-0.2, 0) is 22.3 Å². The van der Waals surface area contributed by atoms with Gasteiger partial charge in [-0.05, 0) is 31.2 Å². The fraction of sp³-hybridized carbons (Fsp3) is 0.211. The van der Waals surface area contributed by atoms with Gasteiger partial charge in [-0.3, -0.25) is 4.79 Å². The molecule has 27 heavy (non-hydrogen) atoms. The summed E-state index contributed by atoms with van der Waals surface area (Å²) >= 11 is 6.12. The molecule has 0 fully saturated rings. The van der Waals surface area contributed by atoms with E-state index < -0.39 is 10.0 Å². The van der Waals surface area contributed by atoms with Gasteiger partial charge in [-0.15, -0.1) is 0 Å². The lowest BCUT2D eigenvalue weighted by Gasteiger charge is -2.06. The number of carbonyl (C=O) groups excluding carboxylic acids is 1. The van der Waals surface area contributed by atoms with Crippen LogP contribution in [0.2, 0.25) is 5.02 Å². The van der Waals surface area contributed by atoms with Crippen molar-refractivity contribution in [2.24, 2.45) is 0 Å². The van der Waals surface area contributed by atoms with Crippen LogP contribution in [-0.4, -0.2) is 21.4 Å². The third-order valence-electron chi connectivity index (χ3n) is 4.27. The Labute approximate surface area is 162 Å². The number of nitrogens with one attached hydrogen (secondary N) is 2. The molecule has 6 nitrogen and oxygen atoms in total. The molecule has 3 aromatic rings. The number of para-hydroxylation sites is 1. The number of hydrogen-bond donors (Lipinski definition) is 2. The van der Waals surface area contributed by atoms with Crippen molar-refractivity contribution in [3.05, 3.63) is 69.9 Å². The Balaban J connectivity index is 1.69. The summed E-state index contributed by atoms with van der Waals surface area (Å²) in [5, 5.41) is 4.08.